The molecule has 0 aromatic heterocycles. The molecule has 2 rings (SSSR count). The molecule has 94 valence electrons. The van der Waals surface area contributed by atoms with Crippen LogP contribution in [0, 0.1) is 0 Å². The minimum absolute atomic E-state index is 0.343. The second-order valence-corrected chi connectivity index (χ2v) is 6.01. The molecule has 0 amide bonds. The summed E-state index contributed by atoms with van der Waals surface area (Å²) in [6.45, 7) is 3.29. The van der Waals surface area contributed by atoms with Gasteiger partial charge in [-0.05, 0) is 32.1 Å². The maximum atomic E-state index is 5.40. The summed E-state index contributed by atoms with van der Waals surface area (Å²) in [5, 5.41) is 3.63. The third-order valence-corrected chi connectivity index (χ3v) is 5.00. The number of nitrogens with one attached hydrogen (secondary N) is 1. The predicted molar refractivity (Wildman–Crippen MR) is 74.9 cm³/mol. The first-order valence-electron chi connectivity index (χ1n) is 6.12. The first-order valence-corrected chi connectivity index (χ1v) is 7.35. The van der Waals surface area contributed by atoms with E-state index in [9.17, 15) is 0 Å². The van der Waals surface area contributed by atoms with Crippen molar-refractivity contribution in [1.82, 2.24) is 5.32 Å². The van der Waals surface area contributed by atoms with E-state index in [1.807, 2.05) is 23.9 Å². The van der Waals surface area contributed by atoms with Crippen LogP contribution in [0.2, 0.25) is 0 Å². The number of thioether (sulfide) groups is 1. The molecule has 1 fully saturated rings. The van der Waals surface area contributed by atoms with Gasteiger partial charge in [0.05, 0.1) is 7.11 Å². The molecule has 1 N–H and O–H groups in total. The third kappa shape index (κ3) is 2.96. The molecule has 0 saturated heterocycles. The van der Waals surface area contributed by atoms with Crippen LogP contribution in [0.5, 0.6) is 5.75 Å². The maximum absolute atomic E-state index is 5.40. The van der Waals surface area contributed by atoms with Crippen LogP contribution >= 0.6 is 11.8 Å². The molecular formula is C14H21NOS. The molecule has 1 aromatic rings. The molecule has 1 aromatic carbocycles. The van der Waals surface area contributed by atoms with Crippen LogP contribution in [0.15, 0.2) is 24.3 Å². The molecule has 0 radical (unpaired) electrons. The molecule has 1 aliphatic rings. The van der Waals surface area contributed by atoms with E-state index in [2.05, 4.69) is 30.6 Å². The van der Waals surface area contributed by atoms with E-state index in [0.717, 1.165) is 12.3 Å². The Morgan fingerprint density at radius 2 is 2.12 bits per heavy atom. The standard InChI is InChI=1S/C14H21NOS/c1-11(15-10-14(17-3)8-9-14)12-6-4-5-7-13(12)16-2/h4-7,11,15H,8-10H2,1-3H3. The summed E-state index contributed by atoms with van der Waals surface area (Å²) in [7, 11) is 1.73. The van der Waals surface area contributed by atoms with E-state index in [1.165, 1.54) is 18.4 Å². The summed E-state index contributed by atoms with van der Waals surface area (Å²) in [6, 6.07) is 8.58. The Hall–Kier alpha value is -0.670. The number of hydrogen-bond acceptors (Lipinski definition) is 3. The smallest absolute Gasteiger partial charge is 0.123 e. The van der Waals surface area contributed by atoms with Gasteiger partial charge in [-0.2, -0.15) is 11.8 Å². The van der Waals surface area contributed by atoms with Gasteiger partial charge in [0.25, 0.3) is 0 Å². The molecule has 1 unspecified atom stereocenters. The number of ether oxygens (including phenoxy) is 1. The fourth-order valence-electron chi connectivity index (χ4n) is 2.07. The van der Waals surface area contributed by atoms with Crippen molar-refractivity contribution in [1.29, 1.82) is 0 Å². The molecule has 0 aliphatic heterocycles. The van der Waals surface area contributed by atoms with Gasteiger partial charge in [-0.3, -0.25) is 0 Å². The third-order valence-electron chi connectivity index (χ3n) is 3.58. The van der Waals surface area contributed by atoms with Crippen molar-refractivity contribution in [3.63, 3.8) is 0 Å². The highest BCUT2D eigenvalue weighted by molar-refractivity contribution is 8.00. The topological polar surface area (TPSA) is 21.3 Å². The van der Waals surface area contributed by atoms with Gasteiger partial charge in [0.1, 0.15) is 5.75 Å². The normalized spacial score (nSPS) is 18.8. The van der Waals surface area contributed by atoms with Crippen molar-refractivity contribution >= 4 is 11.8 Å². The summed E-state index contributed by atoms with van der Waals surface area (Å²) >= 11 is 1.99. The Bertz CT molecular complexity index is 376. The average molecular weight is 251 g/mol. The number of benzene rings is 1. The minimum atomic E-state index is 0.343. The van der Waals surface area contributed by atoms with Gasteiger partial charge < -0.3 is 10.1 Å². The molecule has 0 spiro atoms. The molecule has 17 heavy (non-hydrogen) atoms. The van der Waals surface area contributed by atoms with Gasteiger partial charge in [-0.1, -0.05) is 18.2 Å². The number of methoxy groups -OCH3 is 1. The number of para-hydroxylation sites is 1. The van der Waals surface area contributed by atoms with Gasteiger partial charge >= 0.3 is 0 Å². The van der Waals surface area contributed by atoms with Crippen molar-refractivity contribution < 1.29 is 4.74 Å². The molecule has 1 aliphatic carbocycles. The van der Waals surface area contributed by atoms with Gasteiger partial charge in [0.15, 0.2) is 0 Å². The fraction of sp³-hybridized carbons (Fsp3) is 0.571. The van der Waals surface area contributed by atoms with Gasteiger partial charge in [0.2, 0.25) is 0 Å². The van der Waals surface area contributed by atoms with E-state index < -0.39 is 0 Å². The van der Waals surface area contributed by atoms with Crippen LogP contribution in [-0.2, 0) is 0 Å². The highest BCUT2D eigenvalue weighted by Crippen LogP contribution is 2.46. The lowest BCUT2D eigenvalue weighted by Crippen LogP contribution is -2.28. The van der Waals surface area contributed by atoms with Gasteiger partial charge in [-0.15, -0.1) is 0 Å². The first kappa shape index (κ1) is 12.8. The van der Waals surface area contributed by atoms with E-state index >= 15 is 0 Å². The second-order valence-electron chi connectivity index (χ2n) is 4.73. The van der Waals surface area contributed by atoms with E-state index in [-0.39, 0.29) is 0 Å². The molecule has 1 saturated carbocycles. The molecule has 0 bridgehead atoms. The van der Waals surface area contributed by atoms with Crippen LogP contribution in [0.25, 0.3) is 0 Å². The largest absolute Gasteiger partial charge is 0.496 e. The average Bonchev–Trinajstić information content (AvgIpc) is 3.16. The number of rotatable bonds is 6. The van der Waals surface area contributed by atoms with Crippen LogP contribution in [0.4, 0.5) is 0 Å². The van der Waals surface area contributed by atoms with Crippen LogP contribution in [-0.4, -0.2) is 24.7 Å². The molecule has 3 heteroatoms. The van der Waals surface area contributed by atoms with Crippen LogP contribution in [0.3, 0.4) is 0 Å². The van der Waals surface area contributed by atoms with Crippen molar-refractivity contribution in [2.24, 2.45) is 0 Å². The zero-order valence-electron chi connectivity index (χ0n) is 10.8. The number of hydrogen-bond donors (Lipinski definition) is 1. The summed E-state index contributed by atoms with van der Waals surface area (Å²) in [5.74, 6) is 0.974. The van der Waals surface area contributed by atoms with Crippen LogP contribution in [0.1, 0.15) is 31.4 Å². The molecule has 1 atom stereocenters. The Kier molecular flexibility index (Phi) is 4.00. The van der Waals surface area contributed by atoms with E-state index in [4.69, 9.17) is 4.74 Å². The quantitative estimate of drug-likeness (QED) is 0.838. The molecule has 0 heterocycles. The maximum Gasteiger partial charge on any atom is 0.123 e. The zero-order chi connectivity index (χ0) is 12.3. The SMILES string of the molecule is COc1ccccc1C(C)NCC1(SC)CC1. The predicted octanol–water partition coefficient (Wildman–Crippen LogP) is 3.24. The first-order chi connectivity index (χ1) is 8.21. The minimum Gasteiger partial charge on any atom is -0.496 e. The monoisotopic (exact) mass is 251 g/mol. The lowest BCUT2D eigenvalue weighted by molar-refractivity contribution is 0.401. The Balaban J connectivity index is 1.97. The summed E-state index contributed by atoms with van der Waals surface area (Å²) in [4.78, 5) is 0. The van der Waals surface area contributed by atoms with Crippen molar-refractivity contribution in [3.8, 4) is 5.75 Å². The zero-order valence-corrected chi connectivity index (χ0v) is 11.6. The van der Waals surface area contributed by atoms with Crippen molar-refractivity contribution in [2.75, 3.05) is 19.9 Å². The molecule has 2 nitrogen and oxygen atoms in total. The molecular weight excluding hydrogens is 230 g/mol. The highest BCUT2D eigenvalue weighted by atomic mass is 32.2. The Morgan fingerprint density at radius 3 is 2.71 bits per heavy atom. The fourth-order valence-corrected chi connectivity index (χ4v) is 2.80. The Labute approximate surface area is 108 Å². The second kappa shape index (κ2) is 5.32. The van der Waals surface area contributed by atoms with Crippen LogP contribution < -0.4 is 10.1 Å². The Morgan fingerprint density at radius 1 is 1.41 bits per heavy atom. The summed E-state index contributed by atoms with van der Waals surface area (Å²) in [5.41, 5.74) is 1.24. The van der Waals surface area contributed by atoms with Gasteiger partial charge in [-0.25, -0.2) is 0 Å². The van der Waals surface area contributed by atoms with Gasteiger partial charge in [0, 0.05) is 22.9 Å². The van der Waals surface area contributed by atoms with E-state index in [1.54, 1.807) is 7.11 Å². The highest BCUT2D eigenvalue weighted by Gasteiger charge is 2.41. The lowest BCUT2D eigenvalue weighted by atomic mass is 10.1. The van der Waals surface area contributed by atoms with Crippen molar-refractivity contribution in [2.45, 2.75) is 30.6 Å². The lowest BCUT2D eigenvalue weighted by Gasteiger charge is -2.20. The summed E-state index contributed by atoms with van der Waals surface area (Å²) < 4.78 is 5.91. The van der Waals surface area contributed by atoms with Crippen molar-refractivity contribution in [3.05, 3.63) is 29.8 Å². The summed E-state index contributed by atoms with van der Waals surface area (Å²) in [6.07, 6.45) is 4.90. The van der Waals surface area contributed by atoms with E-state index in [0.29, 0.717) is 10.8 Å².